The molecule has 5 heteroatoms. The maximum atomic E-state index is 13.5. The van der Waals surface area contributed by atoms with Crippen LogP contribution in [0.2, 0.25) is 0 Å². The van der Waals surface area contributed by atoms with Gasteiger partial charge in [-0.15, -0.1) is 0 Å². The molecule has 0 unspecified atom stereocenters. The van der Waals surface area contributed by atoms with E-state index in [4.69, 9.17) is 18.0 Å². The van der Waals surface area contributed by atoms with Gasteiger partial charge in [-0.2, -0.15) is 0 Å². The fourth-order valence-electron chi connectivity index (χ4n) is 1.37. The number of benzene rings is 1. The molecule has 0 aliphatic rings. The van der Waals surface area contributed by atoms with Crippen molar-refractivity contribution in [1.29, 1.82) is 0 Å². The Morgan fingerprint density at radius 2 is 2.27 bits per heavy atom. The van der Waals surface area contributed by atoms with Crippen molar-refractivity contribution in [2.45, 2.75) is 0 Å². The van der Waals surface area contributed by atoms with Gasteiger partial charge in [0.2, 0.25) is 0 Å². The molecule has 0 spiro atoms. The van der Waals surface area contributed by atoms with Gasteiger partial charge in [-0.3, -0.25) is 0 Å². The number of aromatic nitrogens is 2. The summed E-state index contributed by atoms with van der Waals surface area (Å²) in [6.45, 7) is 0. The molecule has 1 aromatic carbocycles. The molecule has 15 heavy (non-hydrogen) atoms. The van der Waals surface area contributed by atoms with Crippen molar-refractivity contribution in [3.8, 4) is 5.69 Å². The zero-order chi connectivity index (χ0) is 10.8. The average Bonchev–Trinajstić information content (AvgIpc) is 2.69. The van der Waals surface area contributed by atoms with Gasteiger partial charge < -0.3 is 10.3 Å². The van der Waals surface area contributed by atoms with Gasteiger partial charge in [-0.05, 0) is 12.1 Å². The van der Waals surface area contributed by atoms with E-state index in [0.29, 0.717) is 5.69 Å². The molecule has 0 aliphatic carbocycles. The minimum atomic E-state index is -0.422. The lowest BCUT2D eigenvalue weighted by molar-refractivity contribution is 0.624. The Morgan fingerprint density at radius 1 is 1.47 bits per heavy atom. The minimum Gasteiger partial charge on any atom is -0.389 e. The molecular weight excluding hydrogens is 213 g/mol. The summed E-state index contributed by atoms with van der Waals surface area (Å²) in [6, 6.07) is 4.67. The summed E-state index contributed by atoms with van der Waals surface area (Å²) < 4.78 is 15.2. The third-order valence-electron chi connectivity index (χ3n) is 2.02. The van der Waals surface area contributed by atoms with E-state index in [1.54, 1.807) is 35.4 Å². The van der Waals surface area contributed by atoms with Crippen LogP contribution in [-0.2, 0) is 0 Å². The number of nitrogens with zero attached hydrogens (tertiary/aromatic N) is 2. The Hall–Kier alpha value is -1.75. The van der Waals surface area contributed by atoms with Crippen LogP contribution in [0.15, 0.2) is 36.9 Å². The number of rotatable bonds is 2. The van der Waals surface area contributed by atoms with E-state index in [-0.39, 0.29) is 10.6 Å². The zero-order valence-corrected chi connectivity index (χ0v) is 8.54. The second kappa shape index (κ2) is 3.78. The third kappa shape index (κ3) is 1.73. The van der Waals surface area contributed by atoms with Gasteiger partial charge in [0.05, 0.1) is 17.6 Å². The van der Waals surface area contributed by atoms with E-state index >= 15 is 0 Å². The zero-order valence-electron chi connectivity index (χ0n) is 7.72. The highest BCUT2D eigenvalue weighted by atomic mass is 32.1. The highest BCUT2D eigenvalue weighted by Crippen LogP contribution is 2.17. The first-order valence-corrected chi connectivity index (χ1v) is 4.67. The number of imidazole rings is 1. The molecule has 1 aromatic heterocycles. The van der Waals surface area contributed by atoms with Crippen LogP contribution in [-0.4, -0.2) is 14.5 Å². The highest BCUT2D eigenvalue weighted by Gasteiger charge is 2.11. The Balaban J connectivity index is 2.66. The second-order valence-electron chi connectivity index (χ2n) is 2.97. The van der Waals surface area contributed by atoms with Gasteiger partial charge in [0.1, 0.15) is 10.8 Å². The molecule has 0 bridgehead atoms. The van der Waals surface area contributed by atoms with Crippen molar-refractivity contribution >= 4 is 17.2 Å². The Bertz CT molecular complexity index is 493. The molecule has 0 saturated carbocycles. The van der Waals surface area contributed by atoms with Gasteiger partial charge >= 0.3 is 0 Å². The van der Waals surface area contributed by atoms with Crippen LogP contribution in [0.4, 0.5) is 4.39 Å². The first-order valence-electron chi connectivity index (χ1n) is 4.27. The number of halogens is 1. The molecule has 2 N–H and O–H groups in total. The van der Waals surface area contributed by atoms with Crippen molar-refractivity contribution in [3.05, 3.63) is 48.3 Å². The topological polar surface area (TPSA) is 43.8 Å². The predicted octanol–water partition coefficient (Wildman–Crippen LogP) is 1.65. The van der Waals surface area contributed by atoms with E-state index in [2.05, 4.69) is 4.98 Å². The molecule has 1 heterocycles. The van der Waals surface area contributed by atoms with Crippen molar-refractivity contribution in [1.82, 2.24) is 9.55 Å². The number of hydrogen-bond donors (Lipinski definition) is 1. The summed E-state index contributed by atoms with van der Waals surface area (Å²) in [5, 5.41) is 0. The van der Waals surface area contributed by atoms with Crippen molar-refractivity contribution in [3.63, 3.8) is 0 Å². The molecule has 0 atom stereocenters. The van der Waals surface area contributed by atoms with Crippen LogP contribution >= 0.6 is 12.2 Å². The maximum Gasteiger partial charge on any atom is 0.135 e. The van der Waals surface area contributed by atoms with Crippen LogP contribution in [0.25, 0.3) is 5.69 Å². The summed E-state index contributed by atoms with van der Waals surface area (Å²) in [5.41, 5.74) is 6.32. The third-order valence-corrected chi connectivity index (χ3v) is 2.22. The first kappa shape index (κ1) is 9.79. The maximum absolute atomic E-state index is 13.5. The van der Waals surface area contributed by atoms with Gasteiger partial charge in [0, 0.05) is 12.4 Å². The van der Waals surface area contributed by atoms with Gasteiger partial charge in [0.15, 0.2) is 0 Å². The van der Waals surface area contributed by atoms with Crippen LogP contribution < -0.4 is 5.73 Å². The smallest absolute Gasteiger partial charge is 0.135 e. The van der Waals surface area contributed by atoms with Gasteiger partial charge in [0.25, 0.3) is 0 Å². The lowest BCUT2D eigenvalue weighted by Gasteiger charge is -2.09. The van der Waals surface area contributed by atoms with E-state index < -0.39 is 5.82 Å². The molecule has 2 rings (SSSR count). The van der Waals surface area contributed by atoms with E-state index in [9.17, 15) is 4.39 Å². The van der Waals surface area contributed by atoms with Crippen molar-refractivity contribution in [2.75, 3.05) is 0 Å². The SMILES string of the molecule is NC(=S)c1c(F)cccc1-n1ccnc1. The Morgan fingerprint density at radius 3 is 2.87 bits per heavy atom. The van der Waals surface area contributed by atoms with Gasteiger partial charge in [-0.1, -0.05) is 18.3 Å². The molecular formula is C10H8FN3S. The Kier molecular flexibility index (Phi) is 2.47. The molecule has 76 valence electrons. The fourth-order valence-corrected chi connectivity index (χ4v) is 1.58. The van der Waals surface area contributed by atoms with E-state index in [1.165, 1.54) is 6.07 Å². The average molecular weight is 221 g/mol. The number of hydrogen-bond acceptors (Lipinski definition) is 2. The molecule has 0 amide bonds. The predicted molar refractivity (Wildman–Crippen MR) is 59.4 cm³/mol. The normalized spacial score (nSPS) is 10.2. The summed E-state index contributed by atoms with van der Waals surface area (Å²) in [4.78, 5) is 3.92. The van der Waals surface area contributed by atoms with Crippen LogP contribution in [0.3, 0.4) is 0 Å². The van der Waals surface area contributed by atoms with E-state index in [0.717, 1.165) is 0 Å². The molecule has 0 aliphatic heterocycles. The minimum absolute atomic E-state index is 0.0387. The molecule has 3 nitrogen and oxygen atoms in total. The highest BCUT2D eigenvalue weighted by molar-refractivity contribution is 7.80. The molecule has 0 saturated heterocycles. The standard InChI is InChI=1S/C10H8FN3S/c11-7-2-1-3-8(9(7)10(12)15)14-5-4-13-6-14/h1-6H,(H2,12,15). The van der Waals surface area contributed by atoms with E-state index in [1.807, 2.05) is 0 Å². The summed E-state index contributed by atoms with van der Waals surface area (Å²) in [6.07, 6.45) is 4.88. The van der Waals surface area contributed by atoms with Gasteiger partial charge in [-0.25, -0.2) is 9.37 Å². The van der Waals surface area contributed by atoms with Crippen LogP contribution in [0, 0.1) is 5.82 Å². The second-order valence-corrected chi connectivity index (χ2v) is 3.41. The summed E-state index contributed by atoms with van der Waals surface area (Å²) in [7, 11) is 0. The van der Waals surface area contributed by atoms with Crippen molar-refractivity contribution in [2.24, 2.45) is 5.73 Å². The summed E-state index contributed by atoms with van der Waals surface area (Å²) >= 11 is 4.82. The lowest BCUT2D eigenvalue weighted by atomic mass is 10.1. The molecule has 2 aromatic rings. The van der Waals surface area contributed by atoms with Crippen LogP contribution in [0.5, 0.6) is 0 Å². The lowest BCUT2D eigenvalue weighted by Crippen LogP contribution is -2.15. The number of thiocarbonyl (C=S) groups is 1. The Labute approximate surface area is 91.4 Å². The summed E-state index contributed by atoms with van der Waals surface area (Å²) in [5.74, 6) is -0.422. The first-order chi connectivity index (χ1) is 7.20. The number of nitrogens with two attached hydrogens (primary N) is 1. The van der Waals surface area contributed by atoms with Crippen molar-refractivity contribution < 1.29 is 4.39 Å². The molecule has 0 fully saturated rings. The largest absolute Gasteiger partial charge is 0.389 e. The quantitative estimate of drug-likeness (QED) is 0.784. The monoisotopic (exact) mass is 221 g/mol. The fraction of sp³-hybridized carbons (Fsp3) is 0. The molecule has 0 radical (unpaired) electrons. The van der Waals surface area contributed by atoms with Crippen LogP contribution in [0.1, 0.15) is 5.56 Å².